The van der Waals surface area contributed by atoms with E-state index in [0.717, 1.165) is 11.4 Å². The molecule has 24 heavy (non-hydrogen) atoms. The minimum atomic E-state index is 0.330. The Bertz CT molecular complexity index is 942. The highest BCUT2D eigenvalue weighted by molar-refractivity contribution is 6.30. The molecule has 2 aliphatic rings. The van der Waals surface area contributed by atoms with Gasteiger partial charge in [0.2, 0.25) is 0 Å². The lowest BCUT2D eigenvalue weighted by molar-refractivity contribution is 0.427. The summed E-state index contributed by atoms with van der Waals surface area (Å²) in [6.07, 6.45) is 5.87. The lowest BCUT2D eigenvalue weighted by atomic mass is 9.75. The number of allylic oxidation sites excluding steroid dienone is 2. The van der Waals surface area contributed by atoms with Crippen molar-refractivity contribution in [3.63, 3.8) is 0 Å². The first-order chi connectivity index (χ1) is 11.8. The van der Waals surface area contributed by atoms with Crippen LogP contribution in [0.4, 0.5) is 5.69 Å². The van der Waals surface area contributed by atoms with Crippen molar-refractivity contribution in [1.82, 2.24) is 0 Å². The summed E-state index contributed by atoms with van der Waals surface area (Å²) in [5, 5.41) is 7.30. The fourth-order valence-corrected chi connectivity index (χ4v) is 4.51. The molecular weight excluding hydrogens is 314 g/mol. The van der Waals surface area contributed by atoms with Crippen LogP contribution in [0.1, 0.15) is 29.5 Å². The molecule has 3 aromatic rings. The van der Waals surface area contributed by atoms with Gasteiger partial charge in [0.25, 0.3) is 0 Å². The standard InChI is InChI=1S/C22H18ClN/c23-16-11-8-15(9-12-16)22-19-7-3-6-18(19)21-17-5-2-1-4-14(17)10-13-20(21)24-22/h1-6,8-13,18-19,22,24H,7H2. The number of hydrogen-bond donors (Lipinski definition) is 1. The predicted octanol–water partition coefficient (Wildman–Crippen LogP) is 6.32. The molecule has 0 saturated heterocycles. The molecule has 0 aromatic heterocycles. The summed E-state index contributed by atoms with van der Waals surface area (Å²) < 4.78 is 0. The van der Waals surface area contributed by atoms with Crippen molar-refractivity contribution in [2.45, 2.75) is 18.4 Å². The largest absolute Gasteiger partial charge is 0.378 e. The zero-order valence-electron chi connectivity index (χ0n) is 13.2. The Morgan fingerprint density at radius 2 is 1.75 bits per heavy atom. The van der Waals surface area contributed by atoms with Gasteiger partial charge in [-0.3, -0.25) is 0 Å². The Balaban J connectivity index is 1.67. The molecule has 3 aromatic carbocycles. The van der Waals surface area contributed by atoms with Crippen LogP contribution in [-0.4, -0.2) is 0 Å². The fourth-order valence-electron chi connectivity index (χ4n) is 4.38. The van der Waals surface area contributed by atoms with Gasteiger partial charge in [-0.2, -0.15) is 0 Å². The second kappa shape index (κ2) is 5.39. The number of nitrogens with one attached hydrogen (secondary N) is 1. The predicted molar refractivity (Wildman–Crippen MR) is 102 cm³/mol. The molecule has 0 spiro atoms. The van der Waals surface area contributed by atoms with Gasteiger partial charge in [-0.1, -0.05) is 66.2 Å². The van der Waals surface area contributed by atoms with Crippen LogP contribution in [0.2, 0.25) is 5.02 Å². The number of benzene rings is 3. The van der Waals surface area contributed by atoms with E-state index < -0.39 is 0 Å². The first-order valence-corrected chi connectivity index (χ1v) is 8.89. The van der Waals surface area contributed by atoms with E-state index >= 15 is 0 Å². The van der Waals surface area contributed by atoms with Gasteiger partial charge >= 0.3 is 0 Å². The Hall–Kier alpha value is -2.25. The van der Waals surface area contributed by atoms with Crippen LogP contribution in [0.25, 0.3) is 10.8 Å². The molecular formula is C22H18ClN. The van der Waals surface area contributed by atoms with Crippen LogP contribution in [-0.2, 0) is 0 Å². The third-order valence-corrected chi connectivity index (χ3v) is 5.74. The van der Waals surface area contributed by atoms with E-state index in [-0.39, 0.29) is 0 Å². The smallest absolute Gasteiger partial charge is 0.0553 e. The minimum absolute atomic E-state index is 0.330. The van der Waals surface area contributed by atoms with Crippen molar-refractivity contribution < 1.29 is 0 Å². The van der Waals surface area contributed by atoms with Gasteiger partial charge in [0.15, 0.2) is 0 Å². The van der Waals surface area contributed by atoms with Gasteiger partial charge in [0.05, 0.1) is 6.04 Å². The average molecular weight is 332 g/mol. The monoisotopic (exact) mass is 331 g/mol. The minimum Gasteiger partial charge on any atom is -0.378 e. The van der Waals surface area contributed by atoms with Crippen LogP contribution in [0.15, 0.2) is 72.8 Å². The second-order valence-electron chi connectivity index (χ2n) is 6.77. The molecule has 1 heterocycles. The van der Waals surface area contributed by atoms with Crippen molar-refractivity contribution in [1.29, 1.82) is 0 Å². The SMILES string of the molecule is Clc1ccc(C2Nc3ccc4ccccc4c3C3C=CCC32)cc1. The summed E-state index contributed by atoms with van der Waals surface area (Å²) >= 11 is 6.08. The Morgan fingerprint density at radius 3 is 2.62 bits per heavy atom. The van der Waals surface area contributed by atoms with Gasteiger partial charge < -0.3 is 5.32 Å². The summed E-state index contributed by atoms with van der Waals surface area (Å²) in [7, 11) is 0. The number of rotatable bonds is 1. The maximum absolute atomic E-state index is 6.08. The van der Waals surface area contributed by atoms with Crippen molar-refractivity contribution in [3.8, 4) is 0 Å². The average Bonchev–Trinajstić information content (AvgIpc) is 3.11. The van der Waals surface area contributed by atoms with Gasteiger partial charge in [0.1, 0.15) is 0 Å². The van der Waals surface area contributed by atoms with E-state index in [1.165, 1.54) is 27.6 Å². The molecule has 0 amide bonds. The highest BCUT2D eigenvalue weighted by atomic mass is 35.5. The highest BCUT2D eigenvalue weighted by Crippen LogP contribution is 2.51. The molecule has 1 aliphatic carbocycles. The summed E-state index contributed by atoms with van der Waals surface area (Å²) in [4.78, 5) is 0. The number of anilines is 1. The number of hydrogen-bond acceptors (Lipinski definition) is 1. The summed E-state index contributed by atoms with van der Waals surface area (Å²) in [6.45, 7) is 0. The van der Waals surface area contributed by atoms with E-state index in [0.29, 0.717) is 17.9 Å². The highest BCUT2D eigenvalue weighted by Gasteiger charge is 2.38. The van der Waals surface area contributed by atoms with Crippen LogP contribution < -0.4 is 5.32 Å². The van der Waals surface area contributed by atoms with Crippen molar-refractivity contribution in [3.05, 3.63) is 89.0 Å². The first-order valence-electron chi connectivity index (χ1n) is 8.51. The van der Waals surface area contributed by atoms with Crippen LogP contribution in [0.5, 0.6) is 0 Å². The van der Waals surface area contributed by atoms with Crippen molar-refractivity contribution in [2.75, 3.05) is 5.32 Å². The maximum Gasteiger partial charge on any atom is 0.0553 e. The van der Waals surface area contributed by atoms with Gasteiger partial charge in [0, 0.05) is 16.6 Å². The lowest BCUT2D eigenvalue weighted by Crippen LogP contribution is -2.29. The van der Waals surface area contributed by atoms with Gasteiger partial charge in [-0.05, 0) is 52.4 Å². The molecule has 0 fully saturated rings. The van der Waals surface area contributed by atoms with Crippen molar-refractivity contribution >= 4 is 28.1 Å². The number of halogens is 1. The Morgan fingerprint density at radius 1 is 0.917 bits per heavy atom. The van der Waals surface area contributed by atoms with Gasteiger partial charge in [-0.25, -0.2) is 0 Å². The molecule has 1 aliphatic heterocycles. The van der Waals surface area contributed by atoms with Crippen LogP contribution >= 0.6 is 11.6 Å². The molecule has 3 unspecified atom stereocenters. The molecule has 0 bridgehead atoms. The summed E-state index contributed by atoms with van der Waals surface area (Å²) in [5.74, 6) is 1.04. The van der Waals surface area contributed by atoms with E-state index in [4.69, 9.17) is 11.6 Å². The molecule has 118 valence electrons. The van der Waals surface area contributed by atoms with Crippen LogP contribution in [0.3, 0.4) is 0 Å². The molecule has 1 N–H and O–H groups in total. The topological polar surface area (TPSA) is 12.0 Å². The third-order valence-electron chi connectivity index (χ3n) is 5.49. The summed E-state index contributed by atoms with van der Waals surface area (Å²) in [5.41, 5.74) is 4.04. The normalized spacial score (nSPS) is 24.5. The molecule has 2 heteroatoms. The molecule has 1 nitrogen and oxygen atoms in total. The summed E-state index contributed by atoms with van der Waals surface area (Å²) in [6, 6.07) is 21.8. The van der Waals surface area contributed by atoms with Gasteiger partial charge in [-0.15, -0.1) is 0 Å². The van der Waals surface area contributed by atoms with E-state index in [1.54, 1.807) is 0 Å². The molecule has 5 rings (SSSR count). The quantitative estimate of drug-likeness (QED) is 0.514. The molecule has 0 saturated carbocycles. The van der Waals surface area contributed by atoms with E-state index in [9.17, 15) is 0 Å². The number of fused-ring (bicyclic) bond motifs is 5. The molecule has 3 atom stereocenters. The third kappa shape index (κ3) is 2.08. The second-order valence-corrected chi connectivity index (χ2v) is 7.21. The fraction of sp³-hybridized carbons (Fsp3) is 0.182. The van der Waals surface area contributed by atoms with Crippen molar-refractivity contribution in [2.24, 2.45) is 5.92 Å². The zero-order chi connectivity index (χ0) is 16.1. The Kier molecular flexibility index (Phi) is 3.17. The zero-order valence-corrected chi connectivity index (χ0v) is 14.0. The molecule has 0 radical (unpaired) electrons. The van der Waals surface area contributed by atoms with E-state index in [1.807, 2.05) is 12.1 Å². The first kappa shape index (κ1) is 14.1. The van der Waals surface area contributed by atoms with E-state index in [2.05, 4.69) is 66.0 Å². The van der Waals surface area contributed by atoms with Crippen LogP contribution in [0, 0.1) is 5.92 Å². The lowest BCUT2D eigenvalue weighted by Gasteiger charge is -2.38. The maximum atomic E-state index is 6.08. The Labute approximate surface area is 147 Å².